The number of fused-ring (bicyclic) bond motifs is 8. The first-order valence-electron chi connectivity index (χ1n) is 22.7. The van der Waals surface area contributed by atoms with E-state index >= 15 is 0 Å². The summed E-state index contributed by atoms with van der Waals surface area (Å²) in [6.07, 6.45) is 5.18. The maximum absolute atomic E-state index is 2.64. The Morgan fingerprint density at radius 1 is 0.484 bits per heavy atom. The molecule has 0 amide bonds. The van der Waals surface area contributed by atoms with Crippen LogP contribution >= 0.6 is 11.3 Å². The molecular formula is C59H48N2S. The Bertz CT molecular complexity index is 3340. The highest BCUT2D eigenvalue weighted by Crippen LogP contribution is 2.65. The lowest BCUT2D eigenvalue weighted by Gasteiger charge is -2.59. The summed E-state index contributed by atoms with van der Waals surface area (Å²) in [4.78, 5) is 2.52. The Hall–Kier alpha value is -6.42. The molecule has 62 heavy (non-hydrogen) atoms. The maximum Gasteiger partial charge on any atom is 0.0603 e. The molecule has 0 atom stereocenters. The van der Waals surface area contributed by atoms with Gasteiger partial charge in [0.25, 0.3) is 0 Å². The number of thiophene rings is 1. The first kappa shape index (κ1) is 36.3. The third-order valence-electron chi connectivity index (χ3n) is 15.2. The molecule has 0 unspecified atom stereocenters. The molecular weight excluding hydrogens is 769 g/mol. The van der Waals surface area contributed by atoms with Crippen LogP contribution in [0.15, 0.2) is 182 Å². The molecule has 10 aromatic rings. The molecule has 3 heterocycles. The summed E-state index contributed by atoms with van der Waals surface area (Å²) in [5.74, 6) is 2.75. The quantitative estimate of drug-likeness (QED) is 0.168. The van der Waals surface area contributed by atoms with Crippen molar-refractivity contribution in [2.75, 3.05) is 4.90 Å². The van der Waals surface area contributed by atoms with E-state index in [1.54, 1.807) is 11.1 Å². The lowest BCUT2D eigenvalue weighted by Crippen LogP contribution is -2.53. The first-order chi connectivity index (χ1) is 30.6. The van der Waals surface area contributed by atoms with Gasteiger partial charge in [0, 0.05) is 47.7 Å². The van der Waals surface area contributed by atoms with Crippen LogP contribution in [0.25, 0.3) is 69.9 Å². The van der Waals surface area contributed by atoms with Crippen molar-refractivity contribution in [3.63, 3.8) is 0 Å². The molecule has 2 nitrogen and oxygen atoms in total. The Morgan fingerprint density at radius 2 is 1.10 bits per heavy atom. The summed E-state index contributed by atoms with van der Waals surface area (Å²) >= 11 is 1.88. The summed E-state index contributed by atoms with van der Waals surface area (Å²) < 4.78 is 5.30. The van der Waals surface area contributed by atoms with E-state index in [0.717, 1.165) is 23.2 Å². The number of nitrogens with zero attached hydrogens (tertiary/aromatic N) is 2. The standard InChI is InChI=1S/C59H48N2S/c1-37-33-40-35-38(2)36-41(34-37)59(40)49-22-10-12-24-52(49)61-51-23-11-8-19-47(51)57-53(32-31-50(59)58(57)61)60(42-15-4-3-5-16-42)43-29-27-39(28-30-43)44-17-6-7-18-45(44)46-21-14-26-55-56(46)48-20-9-13-25-54(48)62-55/h3-32,37-38,40-41H,33-36H2,1-2H3/t37-,38+,40+,41-,59?. The predicted molar refractivity (Wildman–Crippen MR) is 264 cm³/mol. The van der Waals surface area contributed by atoms with Crippen LogP contribution in [-0.4, -0.2) is 4.57 Å². The zero-order valence-electron chi connectivity index (χ0n) is 35.3. The molecule has 0 saturated heterocycles. The minimum Gasteiger partial charge on any atom is -0.310 e. The van der Waals surface area contributed by atoms with E-state index in [2.05, 4.69) is 205 Å². The lowest BCUT2D eigenvalue weighted by atomic mass is 9.46. The van der Waals surface area contributed by atoms with E-state index in [-0.39, 0.29) is 5.41 Å². The van der Waals surface area contributed by atoms with Gasteiger partial charge in [-0.05, 0) is 137 Å². The van der Waals surface area contributed by atoms with Crippen LogP contribution in [-0.2, 0) is 5.41 Å². The Kier molecular flexibility index (Phi) is 8.07. The topological polar surface area (TPSA) is 8.17 Å². The van der Waals surface area contributed by atoms with Gasteiger partial charge in [0.05, 0.1) is 22.4 Å². The molecule has 0 N–H and O–H groups in total. The number of hydrogen-bond acceptors (Lipinski definition) is 2. The minimum atomic E-state index is 0.00300. The fourth-order valence-corrected chi connectivity index (χ4v) is 14.2. The predicted octanol–water partition coefficient (Wildman–Crippen LogP) is 16.6. The maximum atomic E-state index is 2.64. The highest BCUT2D eigenvalue weighted by molar-refractivity contribution is 7.25. The van der Waals surface area contributed by atoms with Gasteiger partial charge in [-0.25, -0.2) is 0 Å². The van der Waals surface area contributed by atoms with Crippen LogP contribution < -0.4 is 4.90 Å². The van der Waals surface area contributed by atoms with Crippen molar-refractivity contribution in [2.45, 2.75) is 44.9 Å². The van der Waals surface area contributed by atoms with Crippen molar-refractivity contribution in [2.24, 2.45) is 23.7 Å². The van der Waals surface area contributed by atoms with Crippen molar-refractivity contribution < 1.29 is 0 Å². The van der Waals surface area contributed by atoms with Crippen LogP contribution in [0.1, 0.15) is 50.7 Å². The van der Waals surface area contributed by atoms with Gasteiger partial charge in [-0.3, -0.25) is 0 Å². The van der Waals surface area contributed by atoms with E-state index < -0.39 is 0 Å². The van der Waals surface area contributed by atoms with E-state index in [4.69, 9.17) is 0 Å². The third kappa shape index (κ3) is 5.09. The van der Waals surface area contributed by atoms with Crippen LogP contribution in [0.4, 0.5) is 17.1 Å². The first-order valence-corrected chi connectivity index (χ1v) is 23.5. The van der Waals surface area contributed by atoms with E-state index in [1.165, 1.54) is 101 Å². The van der Waals surface area contributed by atoms with Gasteiger partial charge in [0.2, 0.25) is 0 Å². The number of anilines is 3. The van der Waals surface area contributed by atoms with Crippen LogP contribution in [0.5, 0.6) is 0 Å². The summed E-state index contributed by atoms with van der Waals surface area (Å²) in [6, 6.07) is 68.7. The van der Waals surface area contributed by atoms with Crippen LogP contribution in [0.3, 0.4) is 0 Å². The molecule has 2 aliphatic carbocycles. The number of benzene rings is 8. The number of hydrogen-bond donors (Lipinski definition) is 0. The molecule has 2 bridgehead atoms. The van der Waals surface area contributed by atoms with Crippen molar-refractivity contribution >= 4 is 70.4 Å². The van der Waals surface area contributed by atoms with Crippen LogP contribution in [0, 0.1) is 23.7 Å². The molecule has 2 saturated carbocycles. The average molecular weight is 817 g/mol. The average Bonchev–Trinajstić information content (AvgIpc) is 3.87. The summed E-state index contributed by atoms with van der Waals surface area (Å²) in [5, 5.41) is 5.34. The van der Waals surface area contributed by atoms with Gasteiger partial charge in [-0.1, -0.05) is 141 Å². The minimum absolute atomic E-state index is 0.00300. The molecule has 2 fully saturated rings. The van der Waals surface area contributed by atoms with Gasteiger partial charge in [-0.2, -0.15) is 0 Å². The second-order valence-corrected chi connectivity index (χ2v) is 19.8. The normalized spacial score (nSPS) is 21.5. The van der Waals surface area contributed by atoms with Crippen molar-refractivity contribution in [1.82, 2.24) is 4.57 Å². The van der Waals surface area contributed by atoms with E-state index in [1.807, 2.05) is 11.3 Å². The number of aromatic nitrogens is 1. The highest BCUT2D eigenvalue weighted by Gasteiger charge is 2.57. The molecule has 0 radical (unpaired) electrons. The fourth-order valence-electron chi connectivity index (χ4n) is 13.1. The zero-order chi connectivity index (χ0) is 41.1. The van der Waals surface area contributed by atoms with Gasteiger partial charge in [0.15, 0.2) is 0 Å². The molecule has 13 rings (SSSR count). The smallest absolute Gasteiger partial charge is 0.0603 e. The molecule has 2 aromatic heterocycles. The summed E-state index contributed by atoms with van der Waals surface area (Å²) in [5.41, 5.74) is 15.7. The molecule has 3 heteroatoms. The van der Waals surface area contributed by atoms with Gasteiger partial charge >= 0.3 is 0 Å². The number of rotatable bonds is 5. The molecule has 8 aromatic carbocycles. The Labute approximate surface area is 367 Å². The van der Waals surface area contributed by atoms with Crippen LogP contribution in [0.2, 0.25) is 0 Å². The van der Waals surface area contributed by atoms with Crippen molar-refractivity contribution in [3.8, 4) is 27.9 Å². The largest absolute Gasteiger partial charge is 0.310 e. The second-order valence-electron chi connectivity index (χ2n) is 18.7. The fraction of sp³-hybridized carbons (Fsp3) is 0.186. The summed E-state index contributed by atoms with van der Waals surface area (Å²) in [7, 11) is 0. The summed E-state index contributed by atoms with van der Waals surface area (Å²) in [6.45, 7) is 5.03. The number of para-hydroxylation sites is 3. The third-order valence-corrected chi connectivity index (χ3v) is 16.3. The Balaban J connectivity index is 1.02. The molecule has 1 aliphatic heterocycles. The van der Waals surface area contributed by atoms with Gasteiger partial charge in [0.1, 0.15) is 0 Å². The highest BCUT2D eigenvalue weighted by atomic mass is 32.1. The monoisotopic (exact) mass is 816 g/mol. The van der Waals surface area contributed by atoms with Gasteiger partial charge in [-0.15, -0.1) is 11.3 Å². The molecule has 1 spiro atoms. The van der Waals surface area contributed by atoms with Crippen molar-refractivity contribution in [1.29, 1.82) is 0 Å². The van der Waals surface area contributed by atoms with Crippen molar-refractivity contribution in [3.05, 3.63) is 193 Å². The molecule has 3 aliphatic rings. The lowest BCUT2D eigenvalue weighted by molar-refractivity contribution is 0.0271. The second kappa shape index (κ2) is 13.8. The zero-order valence-corrected chi connectivity index (χ0v) is 36.1. The van der Waals surface area contributed by atoms with Gasteiger partial charge < -0.3 is 9.47 Å². The Morgan fingerprint density at radius 3 is 1.89 bits per heavy atom. The van der Waals surface area contributed by atoms with E-state index in [9.17, 15) is 0 Å². The SMILES string of the molecule is C[C@H]1C[C@@H]2C[C@@H](C)C[C@H](C1)C21c2ccccc2-n2c3ccccc3c3c(N(c4ccccc4)c4ccc(-c5ccccc5-c5cccc6sc7ccccc7c56)cc4)ccc1c32. The molecule has 300 valence electrons. The van der Waals surface area contributed by atoms with E-state index in [0.29, 0.717) is 11.8 Å².